The van der Waals surface area contributed by atoms with Crippen LogP contribution < -0.4 is 10.6 Å². The van der Waals surface area contributed by atoms with Gasteiger partial charge in [0.25, 0.3) is 0 Å². The van der Waals surface area contributed by atoms with Gasteiger partial charge in [0.2, 0.25) is 0 Å². The highest BCUT2D eigenvalue weighted by Gasteiger charge is 2.42. The maximum Gasteiger partial charge on any atom is 0.417 e. The number of benzene rings is 2. The Morgan fingerprint density at radius 1 is 1.09 bits per heavy atom. The summed E-state index contributed by atoms with van der Waals surface area (Å²) in [6.45, 7) is 9.21. The van der Waals surface area contributed by atoms with Gasteiger partial charge in [0, 0.05) is 53.4 Å². The van der Waals surface area contributed by atoms with Gasteiger partial charge in [-0.25, -0.2) is 18.4 Å². The number of hydrogen-bond donors (Lipinski definition) is 0. The number of rotatable bonds is 4. The summed E-state index contributed by atoms with van der Waals surface area (Å²) in [5, 5.41) is 0.0423. The van der Waals surface area contributed by atoms with Crippen LogP contribution in [-0.4, -0.2) is 70.8 Å². The molecule has 2 aromatic carbocycles. The molecule has 1 saturated heterocycles. The molecule has 0 spiro atoms. The highest BCUT2D eigenvalue weighted by molar-refractivity contribution is 9.10. The number of aromatic nitrogens is 2. The van der Waals surface area contributed by atoms with E-state index in [1.54, 1.807) is 44.4 Å². The molecule has 45 heavy (non-hydrogen) atoms. The molecule has 2 aliphatic rings. The standard InChI is InChI=1S/C30H32BrF5N4O4S/c1-14-10-38(11-15(2)39(14)28(42)44-29(3,4)5)26-18-7-19(30(34,35)36)23(17-8-20(31)22(33)9-21(17)32)25-24(18)40(27(41)37-26)16(12-43-6)13-45-25/h7-9,14-16H,10-13H2,1-6H3/t14-,15+,16-/m0/s1. The second-order valence-corrected chi connectivity index (χ2v) is 14.2. The smallest absolute Gasteiger partial charge is 0.417 e. The van der Waals surface area contributed by atoms with Gasteiger partial charge in [0.1, 0.15) is 23.1 Å². The van der Waals surface area contributed by atoms with Crippen molar-refractivity contribution in [1.82, 2.24) is 14.5 Å². The third-order valence-corrected chi connectivity index (χ3v) is 9.54. The van der Waals surface area contributed by atoms with E-state index in [0.29, 0.717) is 6.07 Å². The predicted molar refractivity (Wildman–Crippen MR) is 165 cm³/mol. The third-order valence-electron chi connectivity index (χ3n) is 7.70. The van der Waals surface area contributed by atoms with Crippen molar-refractivity contribution in [3.8, 4) is 11.1 Å². The summed E-state index contributed by atoms with van der Waals surface area (Å²) < 4.78 is 86.0. The Balaban J connectivity index is 1.77. The van der Waals surface area contributed by atoms with Gasteiger partial charge in [-0.1, -0.05) is 0 Å². The molecule has 8 nitrogen and oxygen atoms in total. The molecule has 244 valence electrons. The van der Waals surface area contributed by atoms with E-state index in [9.17, 15) is 27.2 Å². The van der Waals surface area contributed by atoms with E-state index in [-0.39, 0.29) is 51.5 Å². The maximum atomic E-state index is 15.3. The zero-order chi connectivity index (χ0) is 33.2. The summed E-state index contributed by atoms with van der Waals surface area (Å²) in [5.74, 6) is -1.98. The average molecular weight is 720 g/mol. The molecular weight excluding hydrogens is 687 g/mol. The van der Waals surface area contributed by atoms with Crippen LogP contribution in [0, 0.1) is 11.6 Å². The van der Waals surface area contributed by atoms with Crippen molar-refractivity contribution in [3.05, 3.63) is 50.4 Å². The first-order valence-electron chi connectivity index (χ1n) is 14.2. The Bertz CT molecular complexity index is 1720. The van der Waals surface area contributed by atoms with E-state index in [2.05, 4.69) is 20.9 Å². The number of anilines is 1. The number of ether oxygens (including phenoxy) is 2. The number of amides is 1. The minimum Gasteiger partial charge on any atom is -0.444 e. The van der Waals surface area contributed by atoms with Crippen molar-refractivity contribution in [1.29, 1.82) is 0 Å². The highest BCUT2D eigenvalue weighted by atomic mass is 79.9. The van der Waals surface area contributed by atoms with Crippen molar-refractivity contribution < 1.29 is 36.2 Å². The molecule has 0 unspecified atom stereocenters. The lowest BCUT2D eigenvalue weighted by Crippen LogP contribution is -2.60. The summed E-state index contributed by atoms with van der Waals surface area (Å²) in [6, 6.07) is 0.920. The highest BCUT2D eigenvalue weighted by Crippen LogP contribution is 2.50. The average Bonchev–Trinajstić information content (AvgIpc) is 2.91. The second-order valence-electron chi connectivity index (χ2n) is 12.3. The molecular formula is C30H32BrF5N4O4S. The Morgan fingerprint density at radius 3 is 2.31 bits per heavy atom. The first-order chi connectivity index (χ1) is 20.9. The van der Waals surface area contributed by atoms with E-state index in [1.165, 1.54) is 11.7 Å². The van der Waals surface area contributed by atoms with E-state index in [0.717, 1.165) is 23.9 Å². The van der Waals surface area contributed by atoms with Gasteiger partial charge in [-0.3, -0.25) is 9.47 Å². The summed E-state index contributed by atoms with van der Waals surface area (Å²) in [6.07, 6.45) is -5.48. The summed E-state index contributed by atoms with van der Waals surface area (Å²) in [4.78, 5) is 34.3. The molecule has 0 bridgehead atoms. The van der Waals surface area contributed by atoms with Crippen LogP contribution in [-0.2, 0) is 15.7 Å². The van der Waals surface area contributed by atoms with Crippen LogP contribution >= 0.6 is 27.7 Å². The first kappa shape index (κ1) is 33.5. The monoisotopic (exact) mass is 718 g/mol. The zero-order valence-electron chi connectivity index (χ0n) is 25.4. The Labute approximate surface area is 269 Å². The van der Waals surface area contributed by atoms with Gasteiger partial charge in [0.05, 0.1) is 40.3 Å². The number of halogens is 6. The zero-order valence-corrected chi connectivity index (χ0v) is 27.8. The third kappa shape index (κ3) is 6.27. The van der Waals surface area contributed by atoms with Gasteiger partial charge >= 0.3 is 18.0 Å². The fourth-order valence-electron chi connectivity index (χ4n) is 6.02. The SMILES string of the molecule is COC[C@H]1CSc2c(-c3cc(Br)c(F)cc3F)c(C(F)(F)F)cc3c(N4C[C@@H](C)N(C(=O)OC(C)(C)C)[C@@H](C)C4)nc(=O)n1c23. The van der Waals surface area contributed by atoms with E-state index < -0.39 is 70.0 Å². The van der Waals surface area contributed by atoms with E-state index in [1.807, 2.05) is 0 Å². The minimum absolute atomic E-state index is 0.0199. The lowest BCUT2D eigenvalue weighted by molar-refractivity contribution is -0.137. The number of carbonyl (C=O) groups is 1. The molecule has 1 amide bonds. The van der Waals surface area contributed by atoms with Crippen LogP contribution in [0.1, 0.15) is 46.2 Å². The van der Waals surface area contributed by atoms with Crippen LogP contribution in [0.25, 0.3) is 22.0 Å². The molecule has 0 saturated carbocycles. The lowest BCUT2D eigenvalue weighted by atomic mass is 9.95. The van der Waals surface area contributed by atoms with Crippen molar-refractivity contribution in [2.75, 3.05) is 37.5 Å². The van der Waals surface area contributed by atoms with Crippen molar-refractivity contribution >= 4 is 50.5 Å². The molecule has 3 atom stereocenters. The number of methoxy groups -OCH3 is 1. The maximum absolute atomic E-state index is 15.3. The Morgan fingerprint density at radius 2 is 1.73 bits per heavy atom. The van der Waals surface area contributed by atoms with Gasteiger partial charge in [-0.2, -0.15) is 18.2 Å². The molecule has 0 aliphatic carbocycles. The van der Waals surface area contributed by atoms with Crippen LogP contribution in [0.4, 0.5) is 32.6 Å². The van der Waals surface area contributed by atoms with E-state index in [4.69, 9.17) is 9.47 Å². The van der Waals surface area contributed by atoms with Crippen molar-refractivity contribution in [3.63, 3.8) is 0 Å². The predicted octanol–water partition coefficient (Wildman–Crippen LogP) is 7.25. The topological polar surface area (TPSA) is 76.9 Å². The Hall–Kier alpha value is -2.91. The number of thioether (sulfide) groups is 1. The summed E-state index contributed by atoms with van der Waals surface area (Å²) in [7, 11) is 1.45. The van der Waals surface area contributed by atoms with Gasteiger partial charge in [-0.15, -0.1) is 11.8 Å². The molecule has 0 radical (unpaired) electrons. The molecule has 1 aromatic heterocycles. The summed E-state index contributed by atoms with van der Waals surface area (Å²) in [5.41, 5.74) is -3.39. The van der Waals surface area contributed by atoms with Gasteiger partial charge in [0.15, 0.2) is 0 Å². The van der Waals surface area contributed by atoms with Crippen molar-refractivity contribution in [2.45, 2.75) is 69.4 Å². The largest absolute Gasteiger partial charge is 0.444 e. The molecule has 3 heterocycles. The molecule has 2 aliphatic heterocycles. The number of nitrogens with zero attached hydrogens (tertiary/aromatic N) is 4. The van der Waals surface area contributed by atoms with E-state index >= 15 is 4.39 Å². The van der Waals surface area contributed by atoms with Gasteiger partial charge in [-0.05, 0) is 62.7 Å². The first-order valence-corrected chi connectivity index (χ1v) is 15.9. The molecule has 15 heteroatoms. The molecule has 3 aromatic rings. The number of hydrogen-bond acceptors (Lipinski definition) is 7. The lowest BCUT2D eigenvalue weighted by Gasteiger charge is -2.45. The van der Waals surface area contributed by atoms with Crippen molar-refractivity contribution in [2.24, 2.45) is 0 Å². The molecule has 1 fully saturated rings. The van der Waals surface area contributed by atoms with Crippen LogP contribution in [0.15, 0.2) is 32.4 Å². The number of alkyl halides is 3. The number of piperazine rings is 1. The normalized spacial score (nSPS) is 20.6. The van der Waals surface area contributed by atoms with Crippen LogP contribution in [0.3, 0.4) is 0 Å². The molecule has 0 N–H and O–H groups in total. The number of carbonyl (C=O) groups excluding carboxylic acids is 1. The Kier molecular flexibility index (Phi) is 8.94. The van der Waals surface area contributed by atoms with Crippen LogP contribution in [0.5, 0.6) is 0 Å². The summed E-state index contributed by atoms with van der Waals surface area (Å²) >= 11 is 4.01. The second kappa shape index (κ2) is 12.0. The molecule has 5 rings (SSSR count). The fourth-order valence-corrected chi connectivity index (χ4v) is 7.68. The minimum atomic E-state index is -4.95. The van der Waals surface area contributed by atoms with Crippen LogP contribution in [0.2, 0.25) is 0 Å². The fraction of sp³-hybridized carbons (Fsp3) is 0.500. The quantitative estimate of drug-likeness (QED) is 0.208. The van der Waals surface area contributed by atoms with Gasteiger partial charge < -0.3 is 14.4 Å².